The van der Waals surface area contributed by atoms with Gasteiger partial charge in [0.05, 0.1) is 33.5 Å². The molecule has 0 aliphatic carbocycles. The molecular weight excluding hydrogens is 545 g/mol. The zero-order chi connectivity index (χ0) is 24.5. The largest absolute Gasteiger partial charge is 0.495 e. The number of anilines is 1. The summed E-state index contributed by atoms with van der Waals surface area (Å²) in [5.41, 5.74) is 4.41. The molecule has 3 aromatic rings. The predicted octanol–water partition coefficient (Wildman–Crippen LogP) is 5.82. The minimum Gasteiger partial charge on any atom is -0.495 e. The van der Waals surface area contributed by atoms with Crippen LogP contribution in [0.1, 0.15) is 17.5 Å². The van der Waals surface area contributed by atoms with E-state index in [0.717, 1.165) is 5.56 Å². The molecule has 0 unspecified atom stereocenters. The minimum absolute atomic E-state index is 0.315. The van der Waals surface area contributed by atoms with Gasteiger partial charge in [-0.15, -0.1) is 0 Å². The maximum atomic E-state index is 12.1. The molecule has 2 amide bonds. The molecule has 3 aromatic carbocycles. The fourth-order valence-electron chi connectivity index (χ4n) is 2.81. The first kappa shape index (κ1) is 25.6. The number of hydrogen-bond acceptors (Lipinski definition) is 5. The summed E-state index contributed by atoms with van der Waals surface area (Å²) in [5, 5.41) is 7.48. The molecule has 3 rings (SSSR count). The summed E-state index contributed by atoms with van der Waals surface area (Å²) >= 11 is 15.4. The quantitative estimate of drug-likeness (QED) is 0.195. The lowest BCUT2D eigenvalue weighted by Gasteiger charge is -2.10. The lowest BCUT2D eigenvalue weighted by atomic mass is 10.2. The third kappa shape index (κ3) is 7.48. The first-order chi connectivity index (χ1) is 16.4. The molecule has 0 aromatic heterocycles. The van der Waals surface area contributed by atoms with Crippen LogP contribution in [0, 0.1) is 0 Å². The second-order valence-electron chi connectivity index (χ2n) is 6.95. The van der Waals surface area contributed by atoms with E-state index in [1.165, 1.54) is 13.3 Å². The maximum absolute atomic E-state index is 12.1. The van der Waals surface area contributed by atoms with Crippen molar-refractivity contribution in [2.24, 2.45) is 5.10 Å². The van der Waals surface area contributed by atoms with Crippen LogP contribution in [0.5, 0.6) is 11.5 Å². The van der Waals surface area contributed by atoms with Gasteiger partial charge in [0, 0.05) is 0 Å². The minimum atomic E-state index is -0.552. The highest BCUT2D eigenvalue weighted by atomic mass is 79.9. The van der Waals surface area contributed by atoms with Gasteiger partial charge in [0.2, 0.25) is 11.8 Å². The summed E-state index contributed by atoms with van der Waals surface area (Å²) in [7, 11) is 1.50. The van der Waals surface area contributed by atoms with Crippen LogP contribution in [-0.2, 0) is 16.2 Å². The number of amides is 2. The molecule has 7 nitrogen and oxygen atoms in total. The van der Waals surface area contributed by atoms with Gasteiger partial charge in [-0.1, -0.05) is 41.4 Å². The van der Waals surface area contributed by atoms with E-state index in [-0.39, 0.29) is 6.42 Å². The van der Waals surface area contributed by atoms with Crippen molar-refractivity contribution in [1.29, 1.82) is 0 Å². The Morgan fingerprint density at radius 1 is 1.00 bits per heavy atom. The highest BCUT2D eigenvalue weighted by molar-refractivity contribution is 9.10. The van der Waals surface area contributed by atoms with Crippen molar-refractivity contribution in [3.8, 4) is 11.5 Å². The van der Waals surface area contributed by atoms with Gasteiger partial charge in [-0.05, 0) is 69.5 Å². The standard InChI is InChI=1S/C24H20BrCl2N3O4/c1-33-22-5-3-2-4-20(22)29-23(31)12-24(32)30-28-13-15-7-9-21(17(25)10-15)34-14-16-6-8-18(26)19(27)11-16/h2-11,13H,12,14H2,1H3,(H,29,31)(H,30,32). The molecule has 176 valence electrons. The number of carbonyl (C=O) groups is 2. The lowest BCUT2D eigenvalue weighted by molar-refractivity contribution is -0.126. The number of nitrogens with one attached hydrogen (secondary N) is 2. The Morgan fingerprint density at radius 2 is 1.79 bits per heavy atom. The fourth-order valence-corrected chi connectivity index (χ4v) is 3.64. The van der Waals surface area contributed by atoms with Gasteiger partial charge in [-0.25, -0.2) is 5.43 Å². The third-order valence-corrected chi connectivity index (χ3v) is 5.80. The summed E-state index contributed by atoms with van der Waals surface area (Å²) in [6.45, 7) is 0.315. The Morgan fingerprint density at radius 3 is 2.53 bits per heavy atom. The molecule has 0 aliphatic heterocycles. The Labute approximate surface area is 215 Å². The maximum Gasteiger partial charge on any atom is 0.249 e. The third-order valence-electron chi connectivity index (χ3n) is 4.44. The van der Waals surface area contributed by atoms with E-state index in [4.69, 9.17) is 32.7 Å². The molecule has 0 fully saturated rings. The van der Waals surface area contributed by atoms with Crippen LogP contribution >= 0.6 is 39.1 Å². The lowest BCUT2D eigenvalue weighted by Crippen LogP contribution is -2.24. The van der Waals surface area contributed by atoms with Crippen LogP contribution in [-0.4, -0.2) is 25.1 Å². The van der Waals surface area contributed by atoms with Gasteiger partial charge in [-0.3, -0.25) is 9.59 Å². The number of carbonyl (C=O) groups excluding carboxylic acids is 2. The molecule has 10 heteroatoms. The van der Waals surface area contributed by atoms with Gasteiger partial charge in [0.1, 0.15) is 24.5 Å². The van der Waals surface area contributed by atoms with Gasteiger partial charge in [-0.2, -0.15) is 5.10 Å². The number of benzene rings is 3. The monoisotopic (exact) mass is 563 g/mol. The highest BCUT2D eigenvalue weighted by Gasteiger charge is 2.11. The predicted molar refractivity (Wildman–Crippen MR) is 137 cm³/mol. The summed E-state index contributed by atoms with van der Waals surface area (Å²) in [4.78, 5) is 24.1. The highest BCUT2D eigenvalue weighted by Crippen LogP contribution is 2.28. The molecule has 0 saturated heterocycles. The summed E-state index contributed by atoms with van der Waals surface area (Å²) < 4.78 is 11.7. The van der Waals surface area contributed by atoms with E-state index < -0.39 is 11.8 Å². The number of ether oxygens (including phenoxy) is 2. The average Bonchev–Trinajstić information content (AvgIpc) is 2.81. The van der Waals surface area contributed by atoms with E-state index >= 15 is 0 Å². The number of hydrazone groups is 1. The zero-order valence-electron chi connectivity index (χ0n) is 18.0. The normalized spacial score (nSPS) is 10.7. The topological polar surface area (TPSA) is 89.0 Å². The Hall–Kier alpha value is -3.07. The van der Waals surface area contributed by atoms with E-state index in [2.05, 4.69) is 31.8 Å². The van der Waals surface area contributed by atoms with Crippen LogP contribution in [0.3, 0.4) is 0 Å². The molecule has 0 heterocycles. The van der Waals surface area contributed by atoms with Crippen LogP contribution in [0.15, 0.2) is 70.2 Å². The zero-order valence-corrected chi connectivity index (χ0v) is 21.1. The van der Waals surface area contributed by atoms with Crippen molar-refractivity contribution < 1.29 is 19.1 Å². The molecule has 0 spiro atoms. The van der Waals surface area contributed by atoms with Crippen LogP contribution in [0.2, 0.25) is 10.0 Å². The Bertz CT molecular complexity index is 1220. The first-order valence-corrected chi connectivity index (χ1v) is 11.5. The van der Waals surface area contributed by atoms with E-state index in [0.29, 0.717) is 43.9 Å². The Kier molecular flexibility index (Phi) is 9.33. The SMILES string of the molecule is COc1ccccc1NC(=O)CC(=O)NN=Cc1ccc(OCc2ccc(Cl)c(Cl)c2)c(Br)c1. The average molecular weight is 565 g/mol. The van der Waals surface area contributed by atoms with Crippen molar-refractivity contribution in [2.75, 3.05) is 12.4 Å². The van der Waals surface area contributed by atoms with Gasteiger partial charge < -0.3 is 14.8 Å². The molecule has 0 atom stereocenters. The van der Waals surface area contributed by atoms with Gasteiger partial charge in [0.15, 0.2) is 0 Å². The molecule has 0 aliphatic rings. The van der Waals surface area contributed by atoms with Crippen LogP contribution in [0.4, 0.5) is 5.69 Å². The molecule has 34 heavy (non-hydrogen) atoms. The van der Waals surface area contributed by atoms with Gasteiger partial charge in [0.25, 0.3) is 0 Å². The Balaban J connectivity index is 1.49. The molecule has 0 saturated carbocycles. The van der Waals surface area contributed by atoms with E-state index in [1.807, 2.05) is 6.07 Å². The summed E-state index contributed by atoms with van der Waals surface area (Å²) in [6.07, 6.45) is 1.07. The van der Waals surface area contributed by atoms with Crippen molar-refractivity contribution in [3.63, 3.8) is 0 Å². The molecular formula is C24H20BrCl2N3O4. The van der Waals surface area contributed by atoms with Crippen molar-refractivity contribution in [2.45, 2.75) is 13.0 Å². The number of halogens is 3. The molecule has 0 radical (unpaired) electrons. The second kappa shape index (κ2) is 12.4. The number of para-hydroxylation sites is 2. The molecule has 2 N–H and O–H groups in total. The van der Waals surface area contributed by atoms with Crippen LogP contribution in [0.25, 0.3) is 0 Å². The first-order valence-electron chi connectivity index (χ1n) is 9.96. The van der Waals surface area contributed by atoms with E-state index in [9.17, 15) is 9.59 Å². The van der Waals surface area contributed by atoms with Gasteiger partial charge >= 0.3 is 0 Å². The van der Waals surface area contributed by atoms with E-state index in [1.54, 1.807) is 54.6 Å². The fraction of sp³-hybridized carbons (Fsp3) is 0.125. The van der Waals surface area contributed by atoms with Crippen molar-refractivity contribution in [3.05, 3.63) is 86.3 Å². The van der Waals surface area contributed by atoms with Crippen LogP contribution < -0.4 is 20.2 Å². The van der Waals surface area contributed by atoms with Crippen molar-refractivity contribution >= 4 is 62.8 Å². The summed E-state index contributed by atoms with van der Waals surface area (Å²) in [6, 6.07) is 17.6. The number of rotatable bonds is 9. The summed E-state index contributed by atoms with van der Waals surface area (Å²) in [5.74, 6) is 0.0947. The van der Waals surface area contributed by atoms with Crippen molar-refractivity contribution in [1.82, 2.24) is 5.43 Å². The number of methoxy groups -OCH3 is 1. The molecule has 0 bridgehead atoms. The smallest absolute Gasteiger partial charge is 0.249 e. The number of nitrogens with zero attached hydrogens (tertiary/aromatic N) is 1. The number of hydrogen-bond donors (Lipinski definition) is 2. The second-order valence-corrected chi connectivity index (χ2v) is 8.61.